The van der Waals surface area contributed by atoms with Gasteiger partial charge in [0.15, 0.2) is 0 Å². The lowest BCUT2D eigenvalue weighted by molar-refractivity contribution is -0.0726. The van der Waals surface area contributed by atoms with Gasteiger partial charge in [-0.25, -0.2) is 17.9 Å². The first-order chi connectivity index (χ1) is 9.85. The van der Waals surface area contributed by atoms with E-state index in [2.05, 4.69) is 10.0 Å². The molecular formula is C14H29N3O4S. The van der Waals surface area contributed by atoms with Crippen molar-refractivity contribution in [2.24, 2.45) is 5.92 Å². The Morgan fingerprint density at radius 3 is 2.27 bits per heavy atom. The van der Waals surface area contributed by atoms with Gasteiger partial charge >= 0.3 is 6.03 Å². The Morgan fingerprint density at radius 2 is 1.82 bits per heavy atom. The van der Waals surface area contributed by atoms with Crippen molar-refractivity contribution in [2.45, 2.75) is 45.3 Å². The Kier molecular flexibility index (Phi) is 5.86. The first-order valence-corrected chi connectivity index (χ1v) is 9.12. The van der Waals surface area contributed by atoms with Crippen LogP contribution in [0.25, 0.3) is 0 Å². The number of amides is 2. The summed E-state index contributed by atoms with van der Waals surface area (Å²) in [5.41, 5.74) is -0.763. The van der Waals surface area contributed by atoms with Gasteiger partial charge in [-0.05, 0) is 34.1 Å². The summed E-state index contributed by atoms with van der Waals surface area (Å²) < 4.78 is 32.8. The fourth-order valence-electron chi connectivity index (χ4n) is 2.79. The summed E-state index contributed by atoms with van der Waals surface area (Å²) in [7, 11) is -0.143. The molecule has 1 atom stereocenters. The smallest absolute Gasteiger partial charge is 0.316 e. The van der Waals surface area contributed by atoms with Gasteiger partial charge in [-0.2, -0.15) is 0 Å². The predicted octanol–water partition coefficient (Wildman–Crippen LogP) is 0.771. The standard InChI is InChI=1S/C14H29N3O4S/c1-13(2)9-11(14(3,4)21-13)10-22(19,20)16-8-7-15-12(18)17(5)6/h11,16H,7-10H2,1-6H3,(H,15,18). The number of nitrogens with zero attached hydrogens (tertiary/aromatic N) is 1. The number of rotatable bonds is 6. The van der Waals surface area contributed by atoms with Gasteiger partial charge in [0.25, 0.3) is 0 Å². The van der Waals surface area contributed by atoms with E-state index in [0.29, 0.717) is 6.42 Å². The van der Waals surface area contributed by atoms with Crippen molar-refractivity contribution in [3.63, 3.8) is 0 Å². The van der Waals surface area contributed by atoms with Crippen LogP contribution >= 0.6 is 0 Å². The molecule has 7 nitrogen and oxygen atoms in total. The van der Waals surface area contributed by atoms with E-state index >= 15 is 0 Å². The van der Waals surface area contributed by atoms with Gasteiger partial charge in [0.05, 0.1) is 17.0 Å². The molecule has 1 rings (SSSR count). The van der Waals surface area contributed by atoms with Gasteiger partial charge in [-0.15, -0.1) is 0 Å². The first kappa shape index (κ1) is 19.2. The number of urea groups is 1. The third-order valence-electron chi connectivity index (χ3n) is 3.81. The zero-order valence-corrected chi connectivity index (χ0v) is 15.2. The molecule has 1 saturated heterocycles. The minimum absolute atomic E-state index is 0.0328. The third kappa shape index (κ3) is 5.73. The summed E-state index contributed by atoms with van der Waals surface area (Å²) in [6.07, 6.45) is 0.707. The molecule has 0 aromatic rings. The molecule has 2 N–H and O–H groups in total. The van der Waals surface area contributed by atoms with Crippen LogP contribution in [0.2, 0.25) is 0 Å². The minimum Gasteiger partial charge on any atom is -0.369 e. The highest BCUT2D eigenvalue weighted by atomic mass is 32.2. The Balaban J connectivity index is 2.46. The molecule has 1 heterocycles. The molecule has 130 valence electrons. The molecule has 1 fully saturated rings. The van der Waals surface area contributed by atoms with E-state index in [1.54, 1.807) is 14.1 Å². The van der Waals surface area contributed by atoms with Crippen molar-refractivity contribution < 1.29 is 17.9 Å². The zero-order chi connectivity index (χ0) is 17.2. The molecule has 0 radical (unpaired) electrons. The van der Waals surface area contributed by atoms with E-state index in [4.69, 9.17) is 4.74 Å². The Hall–Kier alpha value is -0.860. The lowest BCUT2D eigenvalue weighted by Crippen LogP contribution is -2.42. The van der Waals surface area contributed by atoms with Crippen LogP contribution in [-0.2, 0) is 14.8 Å². The largest absolute Gasteiger partial charge is 0.369 e. The lowest BCUT2D eigenvalue weighted by Gasteiger charge is -2.27. The number of carbonyl (C=O) groups excluding carboxylic acids is 1. The van der Waals surface area contributed by atoms with Crippen LogP contribution in [0.1, 0.15) is 34.1 Å². The zero-order valence-electron chi connectivity index (χ0n) is 14.4. The minimum atomic E-state index is -3.40. The summed E-state index contributed by atoms with van der Waals surface area (Å²) in [6.45, 7) is 8.25. The molecule has 0 saturated carbocycles. The maximum absolute atomic E-state index is 12.2. The molecule has 0 aromatic carbocycles. The molecule has 0 spiro atoms. The Morgan fingerprint density at radius 1 is 1.23 bits per heavy atom. The van der Waals surface area contributed by atoms with Crippen LogP contribution < -0.4 is 10.0 Å². The second-order valence-corrected chi connectivity index (χ2v) is 9.02. The highest BCUT2D eigenvalue weighted by Crippen LogP contribution is 2.42. The van der Waals surface area contributed by atoms with Crippen molar-refractivity contribution in [1.82, 2.24) is 14.9 Å². The number of ether oxygens (including phenoxy) is 1. The van der Waals surface area contributed by atoms with Crippen LogP contribution in [0.4, 0.5) is 4.79 Å². The van der Waals surface area contributed by atoms with Crippen molar-refractivity contribution in [3.05, 3.63) is 0 Å². The summed E-state index contributed by atoms with van der Waals surface area (Å²) in [5.74, 6) is -0.0261. The molecule has 2 amide bonds. The summed E-state index contributed by atoms with van der Waals surface area (Å²) >= 11 is 0. The number of nitrogens with one attached hydrogen (secondary N) is 2. The molecular weight excluding hydrogens is 306 g/mol. The molecule has 0 aromatic heterocycles. The molecule has 8 heteroatoms. The van der Waals surface area contributed by atoms with Gasteiger partial charge in [0, 0.05) is 33.1 Å². The van der Waals surface area contributed by atoms with E-state index in [9.17, 15) is 13.2 Å². The number of hydrogen-bond donors (Lipinski definition) is 2. The summed E-state index contributed by atoms with van der Waals surface area (Å²) in [5, 5.41) is 2.61. The van der Waals surface area contributed by atoms with Crippen molar-refractivity contribution in [1.29, 1.82) is 0 Å². The topological polar surface area (TPSA) is 87.7 Å². The molecule has 22 heavy (non-hydrogen) atoms. The molecule has 1 unspecified atom stereocenters. The van der Waals surface area contributed by atoms with E-state index in [1.807, 2.05) is 27.7 Å². The van der Waals surface area contributed by atoms with Crippen LogP contribution in [-0.4, -0.2) is 63.5 Å². The predicted molar refractivity (Wildman–Crippen MR) is 86.2 cm³/mol. The van der Waals surface area contributed by atoms with E-state index in [1.165, 1.54) is 4.90 Å². The van der Waals surface area contributed by atoms with Crippen molar-refractivity contribution in [3.8, 4) is 0 Å². The van der Waals surface area contributed by atoms with Crippen molar-refractivity contribution >= 4 is 16.1 Å². The average Bonchev–Trinajstić information content (AvgIpc) is 2.51. The lowest BCUT2D eigenvalue weighted by atomic mass is 9.89. The van der Waals surface area contributed by atoms with Crippen LogP contribution in [0.15, 0.2) is 0 Å². The second kappa shape index (κ2) is 6.72. The van der Waals surface area contributed by atoms with Crippen LogP contribution in [0.3, 0.4) is 0 Å². The molecule has 0 aliphatic carbocycles. The van der Waals surface area contributed by atoms with Crippen molar-refractivity contribution in [2.75, 3.05) is 32.9 Å². The monoisotopic (exact) mass is 335 g/mol. The number of carbonyl (C=O) groups is 1. The van der Waals surface area contributed by atoms with Crippen LogP contribution in [0.5, 0.6) is 0 Å². The average molecular weight is 335 g/mol. The van der Waals surface area contributed by atoms with Crippen LogP contribution in [0, 0.1) is 5.92 Å². The Bertz CT molecular complexity index is 500. The Labute approximate surface area is 133 Å². The maximum atomic E-state index is 12.2. The van der Waals surface area contributed by atoms with Gasteiger partial charge in [0.1, 0.15) is 0 Å². The molecule has 1 aliphatic rings. The van der Waals surface area contributed by atoms with Gasteiger partial charge in [-0.1, -0.05) is 0 Å². The van der Waals surface area contributed by atoms with E-state index in [0.717, 1.165) is 0 Å². The molecule has 0 bridgehead atoms. The van der Waals surface area contributed by atoms with Gasteiger partial charge < -0.3 is 15.0 Å². The quantitative estimate of drug-likeness (QED) is 0.702. The maximum Gasteiger partial charge on any atom is 0.316 e. The third-order valence-corrected chi connectivity index (χ3v) is 5.30. The first-order valence-electron chi connectivity index (χ1n) is 7.47. The fourth-order valence-corrected chi connectivity index (χ4v) is 4.37. The van der Waals surface area contributed by atoms with E-state index < -0.39 is 15.6 Å². The van der Waals surface area contributed by atoms with Gasteiger partial charge in [-0.3, -0.25) is 0 Å². The highest BCUT2D eigenvalue weighted by Gasteiger charge is 2.47. The number of sulfonamides is 1. The SMILES string of the molecule is CN(C)C(=O)NCCNS(=O)(=O)CC1CC(C)(C)OC1(C)C. The van der Waals surface area contributed by atoms with E-state index in [-0.39, 0.29) is 36.4 Å². The summed E-state index contributed by atoms with van der Waals surface area (Å²) in [6, 6.07) is -0.244. The van der Waals surface area contributed by atoms with Gasteiger partial charge in [0.2, 0.25) is 10.0 Å². The second-order valence-electron chi connectivity index (χ2n) is 7.17. The highest BCUT2D eigenvalue weighted by molar-refractivity contribution is 7.89. The summed E-state index contributed by atoms with van der Waals surface area (Å²) in [4.78, 5) is 12.7. The normalized spacial score (nSPS) is 23.3. The number of hydrogen-bond acceptors (Lipinski definition) is 4. The molecule has 1 aliphatic heterocycles. The fraction of sp³-hybridized carbons (Fsp3) is 0.929.